The SMILES string of the molecule is COc1ccc(CN(NC(=O)C2CCC(OC(C)=O)CC2)C(=O)c2cccc(C#N)c2)cc1Cl. The fourth-order valence-electron chi connectivity index (χ4n) is 3.93. The number of nitrogens with zero attached hydrogens (tertiary/aromatic N) is 2. The molecule has 2 aromatic carbocycles. The Hall–Kier alpha value is -3.57. The highest BCUT2D eigenvalue weighted by Gasteiger charge is 2.30. The number of nitrogens with one attached hydrogen (secondary N) is 1. The van der Waals surface area contributed by atoms with Crippen LogP contribution in [-0.2, 0) is 20.9 Å². The largest absolute Gasteiger partial charge is 0.495 e. The van der Waals surface area contributed by atoms with Crippen LogP contribution in [0.3, 0.4) is 0 Å². The summed E-state index contributed by atoms with van der Waals surface area (Å²) in [5, 5.41) is 10.8. The number of esters is 1. The van der Waals surface area contributed by atoms with Crippen molar-refractivity contribution in [3.8, 4) is 11.8 Å². The van der Waals surface area contributed by atoms with E-state index in [4.69, 9.17) is 21.1 Å². The van der Waals surface area contributed by atoms with Gasteiger partial charge in [-0.25, -0.2) is 5.01 Å². The van der Waals surface area contributed by atoms with Crippen molar-refractivity contribution >= 4 is 29.4 Å². The molecule has 1 aliphatic carbocycles. The molecule has 0 aliphatic heterocycles. The second kappa shape index (κ2) is 11.5. The average Bonchev–Trinajstić information content (AvgIpc) is 2.83. The van der Waals surface area contributed by atoms with Crippen molar-refractivity contribution in [1.82, 2.24) is 10.4 Å². The minimum atomic E-state index is -0.453. The van der Waals surface area contributed by atoms with E-state index in [1.54, 1.807) is 36.4 Å². The first-order valence-electron chi connectivity index (χ1n) is 10.9. The van der Waals surface area contributed by atoms with Crippen LogP contribution >= 0.6 is 11.6 Å². The van der Waals surface area contributed by atoms with Gasteiger partial charge in [0, 0.05) is 18.4 Å². The van der Waals surface area contributed by atoms with Crippen LogP contribution in [0.15, 0.2) is 42.5 Å². The van der Waals surface area contributed by atoms with Gasteiger partial charge in [0.05, 0.1) is 30.3 Å². The molecule has 0 bridgehead atoms. The molecule has 9 heteroatoms. The molecule has 0 atom stereocenters. The van der Waals surface area contributed by atoms with Gasteiger partial charge in [-0.1, -0.05) is 23.7 Å². The number of amides is 2. The van der Waals surface area contributed by atoms with Crippen molar-refractivity contribution < 1.29 is 23.9 Å². The summed E-state index contributed by atoms with van der Waals surface area (Å²) in [5.41, 5.74) is 4.06. The summed E-state index contributed by atoms with van der Waals surface area (Å²) in [4.78, 5) is 37.5. The molecule has 0 saturated heterocycles. The molecule has 1 saturated carbocycles. The van der Waals surface area contributed by atoms with E-state index in [1.807, 2.05) is 6.07 Å². The van der Waals surface area contributed by atoms with E-state index in [0.717, 1.165) is 0 Å². The highest BCUT2D eigenvalue weighted by atomic mass is 35.5. The van der Waals surface area contributed by atoms with Gasteiger partial charge >= 0.3 is 5.97 Å². The molecule has 1 fully saturated rings. The van der Waals surface area contributed by atoms with Gasteiger partial charge in [-0.15, -0.1) is 0 Å². The predicted octanol–water partition coefficient (Wildman–Crippen LogP) is 4.02. The molecule has 1 N–H and O–H groups in total. The molecule has 34 heavy (non-hydrogen) atoms. The topological polar surface area (TPSA) is 109 Å². The number of ether oxygens (including phenoxy) is 2. The molecular formula is C25H26ClN3O5. The van der Waals surface area contributed by atoms with E-state index in [0.29, 0.717) is 47.6 Å². The van der Waals surface area contributed by atoms with Crippen LogP contribution in [0.1, 0.15) is 54.1 Å². The van der Waals surface area contributed by atoms with Gasteiger partial charge in [0.2, 0.25) is 5.91 Å². The first-order valence-corrected chi connectivity index (χ1v) is 11.3. The molecular weight excluding hydrogens is 458 g/mol. The van der Waals surface area contributed by atoms with Crippen molar-refractivity contribution in [3.05, 3.63) is 64.2 Å². The number of benzene rings is 2. The van der Waals surface area contributed by atoms with Gasteiger partial charge < -0.3 is 9.47 Å². The fraction of sp³-hybridized carbons (Fsp3) is 0.360. The molecule has 1 aliphatic rings. The predicted molar refractivity (Wildman–Crippen MR) is 125 cm³/mol. The summed E-state index contributed by atoms with van der Waals surface area (Å²) in [5.74, 6) is -0.885. The van der Waals surface area contributed by atoms with Crippen LogP contribution in [0.25, 0.3) is 0 Å². The summed E-state index contributed by atoms with van der Waals surface area (Å²) in [6.07, 6.45) is 2.08. The Labute approximate surface area is 203 Å². The minimum absolute atomic E-state index is 0.0634. The number of rotatable bonds is 6. The number of carbonyl (C=O) groups is 3. The molecule has 178 valence electrons. The molecule has 0 unspecified atom stereocenters. The van der Waals surface area contributed by atoms with Crippen molar-refractivity contribution in [2.75, 3.05) is 7.11 Å². The van der Waals surface area contributed by atoms with Gasteiger partial charge in [-0.2, -0.15) is 5.26 Å². The summed E-state index contributed by atoms with van der Waals surface area (Å²) in [6.45, 7) is 1.43. The van der Waals surface area contributed by atoms with Crippen LogP contribution in [0.2, 0.25) is 5.02 Å². The second-order valence-electron chi connectivity index (χ2n) is 8.11. The first-order chi connectivity index (χ1) is 16.3. The maximum Gasteiger partial charge on any atom is 0.302 e. The van der Waals surface area contributed by atoms with E-state index in [-0.39, 0.29) is 36.0 Å². The van der Waals surface area contributed by atoms with Gasteiger partial charge in [0.25, 0.3) is 5.91 Å². The van der Waals surface area contributed by atoms with Gasteiger partial charge in [0.15, 0.2) is 0 Å². The molecule has 0 heterocycles. The van der Waals surface area contributed by atoms with Crippen LogP contribution in [0, 0.1) is 17.2 Å². The Kier molecular flexibility index (Phi) is 8.50. The first kappa shape index (κ1) is 25.1. The monoisotopic (exact) mass is 483 g/mol. The third-order valence-corrected chi connectivity index (χ3v) is 5.96. The second-order valence-corrected chi connectivity index (χ2v) is 8.52. The van der Waals surface area contributed by atoms with E-state index in [1.165, 1.54) is 25.1 Å². The lowest BCUT2D eigenvalue weighted by atomic mass is 9.87. The number of carbonyl (C=O) groups excluding carboxylic acids is 3. The quantitative estimate of drug-likeness (QED) is 0.491. The summed E-state index contributed by atoms with van der Waals surface area (Å²) in [7, 11) is 1.51. The van der Waals surface area contributed by atoms with Gasteiger partial charge in [-0.3, -0.25) is 19.8 Å². The number of hydrogen-bond donors (Lipinski definition) is 1. The van der Waals surface area contributed by atoms with Crippen molar-refractivity contribution in [3.63, 3.8) is 0 Å². The lowest BCUT2D eigenvalue weighted by Crippen LogP contribution is -2.48. The number of hydrazine groups is 1. The molecule has 8 nitrogen and oxygen atoms in total. The zero-order chi connectivity index (χ0) is 24.7. The highest BCUT2D eigenvalue weighted by Crippen LogP contribution is 2.28. The summed E-state index contributed by atoms with van der Waals surface area (Å²) < 4.78 is 10.4. The van der Waals surface area contributed by atoms with Gasteiger partial charge in [-0.05, 0) is 61.6 Å². The highest BCUT2D eigenvalue weighted by molar-refractivity contribution is 6.32. The van der Waals surface area contributed by atoms with Crippen LogP contribution in [0.4, 0.5) is 0 Å². The van der Waals surface area contributed by atoms with E-state index in [9.17, 15) is 19.6 Å². The number of methoxy groups -OCH3 is 1. The molecule has 2 aromatic rings. The standard InChI is InChI=1S/C25H26ClN3O5/c1-16(30)34-21-9-7-19(8-10-21)24(31)28-29(15-18-6-11-23(33-2)22(26)13-18)25(32)20-5-3-4-17(12-20)14-27/h3-6,11-13,19,21H,7-10,15H2,1-2H3,(H,28,31). The number of halogens is 1. The Balaban J connectivity index is 1.78. The molecule has 0 spiro atoms. The third kappa shape index (κ3) is 6.49. The third-order valence-electron chi connectivity index (χ3n) is 5.66. The van der Waals surface area contributed by atoms with Crippen LogP contribution in [-0.4, -0.2) is 36.0 Å². The Morgan fingerprint density at radius 1 is 1.15 bits per heavy atom. The minimum Gasteiger partial charge on any atom is -0.495 e. The van der Waals surface area contributed by atoms with Crippen LogP contribution in [0.5, 0.6) is 5.75 Å². The Morgan fingerprint density at radius 3 is 2.50 bits per heavy atom. The summed E-state index contributed by atoms with van der Waals surface area (Å²) in [6, 6.07) is 13.4. The molecule has 2 amide bonds. The number of hydrogen-bond acceptors (Lipinski definition) is 6. The molecule has 3 rings (SSSR count). The average molecular weight is 484 g/mol. The van der Waals surface area contributed by atoms with Crippen molar-refractivity contribution in [1.29, 1.82) is 5.26 Å². The number of nitriles is 1. The molecule has 0 radical (unpaired) electrons. The zero-order valence-corrected chi connectivity index (χ0v) is 19.8. The lowest BCUT2D eigenvalue weighted by molar-refractivity contribution is -0.148. The smallest absolute Gasteiger partial charge is 0.302 e. The maximum atomic E-state index is 13.3. The Bertz CT molecular complexity index is 1110. The summed E-state index contributed by atoms with van der Waals surface area (Å²) >= 11 is 6.24. The van der Waals surface area contributed by atoms with E-state index < -0.39 is 5.91 Å². The molecule has 0 aromatic heterocycles. The Morgan fingerprint density at radius 2 is 1.88 bits per heavy atom. The fourth-order valence-corrected chi connectivity index (χ4v) is 4.21. The van der Waals surface area contributed by atoms with E-state index >= 15 is 0 Å². The van der Waals surface area contributed by atoms with Crippen molar-refractivity contribution in [2.24, 2.45) is 5.92 Å². The van der Waals surface area contributed by atoms with Gasteiger partial charge in [0.1, 0.15) is 11.9 Å². The van der Waals surface area contributed by atoms with Crippen LogP contribution < -0.4 is 10.2 Å². The zero-order valence-electron chi connectivity index (χ0n) is 19.0. The normalized spacial score (nSPS) is 17.2. The lowest BCUT2D eigenvalue weighted by Gasteiger charge is -2.30. The van der Waals surface area contributed by atoms with Crippen molar-refractivity contribution in [2.45, 2.75) is 45.3 Å². The van der Waals surface area contributed by atoms with E-state index in [2.05, 4.69) is 5.43 Å². The maximum absolute atomic E-state index is 13.3.